The van der Waals surface area contributed by atoms with E-state index in [0.717, 1.165) is 38.6 Å². The average molecular weight is 666 g/mol. The number of hydrogen-bond acceptors (Lipinski definition) is 8. The van der Waals surface area contributed by atoms with E-state index in [1.807, 2.05) is 6.92 Å². The van der Waals surface area contributed by atoms with Crippen molar-refractivity contribution in [1.29, 1.82) is 0 Å². The largest absolute Gasteiger partial charge is 0.616 e. The summed E-state index contributed by atoms with van der Waals surface area (Å²) in [4.78, 5) is 18.3. The zero-order chi connectivity index (χ0) is 32.5. The molecule has 0 saturated carbocycles. The van der Waals surface area contributed by atoms with Gasteiger partial charge in [0.25, 0.3) is 0 Å². The fourth-order valence-electron chi connectivity index (χ4n) is 8.72. The Morgan fingerprint density at radius 1 is 1.13 bits per heavy atom. The van der Waals surface area contributed by atoms with E-state index in [4.69, 9.17) is 9.72 Å². The number of aryl methyl sites for hydroxylation is 1. The molecule has 0 unspecified atom stereocenters. The highest BCUT2D eigenvalue weighted by molar-refractivity contribution is 7.91. The number of fused-ring (bicyclic) bond motifs is 3. The van der Waals surface area contributed by atoms with Gasteiger partial charge in [0.1, 0.15) is 52.9 Å². The summed E-state index contributed by atoms with van der Waals surface area (Å²) in [5.74, 6) is 0.577. The van der Waals surface area contributed by atoms with Crippen molar-refractivity contribution in [3.8, 4) is 23.0 Å². The molecule has 4 aliphatic rings. The van der Waals surface area contributed by atoms with Crippen LogP contribution in [0.4, 0.5) is 19.0 Å². The van der Waals surface area contributed by atoms with E-state index in [1.54, 1.807) is 12.3 Å². The number of benzene rings is 2. The molecule has 248 valence electrons. The highest BCUT2D eigenvalue weighted by atomic mass is 32.2. The Bertz CT molecular complexity index is 1880. The van der Waals surface area contributed by atoms with Gasteiger partial charge in [0.2, 0.25) is 0 Å². The molecule has 8 nitrogen and oxygen atoms in total. The van der Waals surface area contributed by atoms with Gasteiger partial charge in [-0.25, -0.2) is 13.2 Å². The number of halogens is 3. The van der Waals surface area contributed by atoms with E-state index >= 15 is 4.39 Å². The van der Waals surface area contributed by atoms with Crippen LogP contribution in [0.3, 0.4) is 0 Å². The van der Waals surface area contributed by atoms with Crippen molar-refractivity contribution in [1.82, 2.24) is 19.9 Å². The minimum Gasteiger partial charge on any atom is -0.616 e. The van der Waals surface area contributed by atoms with Crippen LogP contribution in [-0.4, -0.2) is 85.5 Å². The SMILES string of the molecule is CCc1c(F)ccc2cc(O)cc(-c3ncc4c(N5CCC[C@]6(CC[S@+]([O-])C6)C5)nc(OC[C@@]56CCCN5C[C@H](F)C6)nc4c3F)c12. The number of pyridine rings is 1. The molecule has 0 radical (unpaired) electrons. The summed E-state index contributed by atoms with van der Waals surface area (Å²) >= 11 is -0.859. The second-order valence-corrected chi connectivity index (χ2v) is 15.5. The van der Waals surface area contributed by atoms with Crippen LogP contribution >= 0.6 is 0 Å². The average Bonchev–Trinajstić information content (AvgIpc) is 3.71. The van der Waals surface area contributed by atoms with E-state index in [1.165, 1.54) is 18.2 Å². The number of ether oxygens (including phenoxy) is 1. The number of piperidine rings is 1. The predicted octanol–water partition coefficient (Wildman–Crippen LogP) is 6.09. The summed E-state index contributed by atoms with van der Waals surface area (Å²) in [7, 11) is 0. The lowest BCUT2D eigenvalue weighted by atomic mass is 9.79. The maximum absolute atomic E-state index is 16.9. The molecule has 4 aliphatic heterocycles. The lowest BCUT2D eigenvalue weighted by Gasteiger charge is -2.39. The summed E-state index contributed by atoms with van der Waals surface area (Å²) in [5, 5.41) is 12.1. The Morgan fingerprint density at radius 3 is 2.79 bits per heavy atom. The molecule has 4 saturated heterocycles. The van der Waals surface area contributed by atoms with Gasteiger partial charge < -0.3 is 19.3 Å². The quantitative estimate of drug-likeness (QED) is 0.248. The van der Waals surface area contributed by atoms with Gasteiger partial charge in [-0.2, -0.15) is 9.97 Å². The second kappa shape index (κ2) is 11.7. The van der Waals surface area contributed by atoms with E-state index in [2.05, 4.69) is 19.8 Å². The molecule has 6 heterocycles. The molecular formula is C35H38F3N5O3S. The van der Waals surface area contributed by atoms with E-state index < -0.39 is 34.5 Å². The molecule has 1 spiro atoms. The number of anilines is 1. The molecule has 12 heteroatoms. The van der Waals surface area contributed by atoms with Crippen molar-refractivity contribution < 1.29 is 27.6 Å². The standard InChI is InChI=1S/C35H38F3N5O3S/c1-2-24-27(37)6-5-21-13-23(44)14-25(28(21)24)30-29(38)31-26(16-39-30)32(42-10-3-7-34(18-42)9-12-47(45)20-34)41-33(40-31)46-19-35-8-4-11-43(35)17-22(36)15-35/h5-6,13-14,16,22,44H,2-4,7-12,15,17-20H2,1H3/t22-,34+,35+,47+/m1/s1. The smallest absolute Gasteiger partial charge is 0.319 e. The van der Waals surface area contributed by atoms with Gasteiger partial charge in [0.15, 0.2) is 5.82 Å². The van der Waals surface area contributed by atoms with Gasteiger partial charge in [0, 0.05) is 49.7 Å². The Labute approximate surface area is 274 Å². The minimum absolute atomic E-state index is 0.00256. The highest BCUT2D eigenvalue weighted by Crippen LogP contribution is 2.44. The Morgan fingerprint density at radius 2 is 1.98 bits per heavy atom. The Balaban J connectivity index is 1.26. The van der Waals surface area contributed by atoms with Crippen LogP contribution in [0.2, 0.25) is 0 Å². The lowest BCUT2D eigenvalue weighted by Crippen LogP contribution is -2.45. The zero-order valence-corrected chi connectivity index (χ0v) is 27.2. The first kappa shape index (κ1) is 31.0. The number of aromatic nitrogens is 3. The number of phenolic OH excluding ortho intramolecular Hbond substituents is 1. The summed E-state index contributed by atoms with van der Waals surface area (Å²) in [5.41, 5.74) is 0.0753. The summed E-state index contributed by atoms with van der Waals surface area (Å²) in [6.45, 7) is 4.52. The number of rotatable bonds is 6. The summed E-state index contributed by atoms with van der Waals surface area (Å²) < 4.78 is 65.2. The fraction of sp³-hybridized carbons (Fsp3) is 0.514. The maximum atomic E-state index is 16.9. The first-order valence-corrected chi connectivity index (χ1v) is 18.1. The molecule has 0 aliphatic carbocycles. The molecule has 4 fully saturated rings. The second-order valence-electron chi connectivity index (χ2n) is 13.9. The summed E-state index contributed by atoms with van der Waals surface area (Å²) in [6, 6.07) is 5.86. The van der Waals surface area contributed by atoms with Gasteiger partial charge in [-0.1, -0.05) is 24.2 Å². The fourth-order valence-corrected chi connectivity index (χ4v) is 10.6. The molecule has 2 aromatic heterocycles. The monoisotopic (exact) mass is 665 g/mol. The molecule has 0 amide bonds. The van der Waals surface area contributed by atoms with Crippen molar-refractivity contribution >= 4 is 38.7 Å². The van der Waals surface area contributed by atoms with E-state index in [-0.39, 0.29) is 40.6 Å². The Hall–Kier alpha value is -3.35. The number of phenols is 1. The van der Waals surface area contributed by atoms with Crippen molar-refractivity contribution in [2.24, 2.45) is 5.41 Å². The highest BCUT2D eigenvalue weighted by Gasteiger charge is 2.50. The molecule has 4 aromatic rings. The topological polar surface area (TPSA) is 97.7 Å². The predicted molar refractivity (Wildman–Crippen MR) is 176 cm³/mol. The number of aromatic hydroxyl groups is 1. The van der Waals surface area contributed by atoms with E-state index in [9.17, 15) is 18.4 Å². The molecule has 47 heavy (non-hydrogen) atoms. The minimum atomic E-state index is -0.922. The van der Waals surface area contributed by atoms with Crippen LogP contribution in [0.15, 0.2) is 30.5 Å². The third-order valence-electron chi connectivity index (χ3n) is 10.9. The molecular weight excluding hydrogens is 627 g/mol. The van der Waals surface area contributed by atoms with E-state index in [0.29, 0.717) is 71.5 Å². The van der Waals surface area contributed by atoms with Crippen LogP contribution < -0.4 is 9.64 Å². The van der Waals surface area contributed by atoms with Crippen LogP contribution in [0.1, 0.15) is 51.0 Å². The van der Waals surface area contributed by atoms with Gasteiger partial charge >= 0.3 is 6.01 Å². The molecule has 2 aromatic carbocycles. The third kappa shape index (κ3) is 5.27. The molecule has 1 N–H and O–H groups in total. The lowest BCUT2D eigenvalue weighted by molar-refractivity contribution is 0.107. The number of alkyl halides is 1. The first-order valence-electron chi connectivity index (χ1n) is 16.6. The van der Waals surface area contributed by atoms with Crippen LogP contribution in [-0.2, 0) is 17.6 Å². The number of nitrogens with zero attached hydrogens (tertiary/aromatic N) is 5. The first-order chi connectivity index (χ1) is 22.7. The van der Waals surface area contributed by atoms with Crippen molar-refractivity contribution in [2.75, 3.05) is 49.2 Å². The van der Waals surface area contributed by atoms with Crippen LogP contribution in [0, 0.1) is 17.0 Å². The summed E-state index contributed by atoms with van der Waals surface area (Å²) in [6.07, 6.45) is 5.85. The van der Waals surface area contributed by atoms with Gasteiger partial charge in [-0.05, 0) is 73.2 Å². The normalized spacial score (nSPS) is 27.8. The zero-order valence-electron chi connectivity index (χ0n) is 26.4. The van der Waals surface area contributed by atoms with Crippen molar-refractivity contribution in [3.05, 3.63) is 47.7 Å². The van der Waals surface area contributed by atoms with Crippen molar-refractivity contribution in [3.63, 3.8) is 0 Å². The van der Waals surface area contributed by atoms with Crippen molar-refractivity contribution in [2.45, 2.75) is 63.6 Å². The molecule has 8 rings (SSSR count). The maximum Gasteiger partial charge on any atom is 0.319 e. The van der Waals surface area contributed by atoms with Gasteiger partial charge in [-0.3, -0.25) is 9.88 Å². The van der Waals surface area contributed by atoms with Gasteiger partial charge in [-0.15, -0.1) is 0 Å². The van der Waals surface area contributed by atoms with Gasteiger partial charge in [0.05, 0.1) is 10.9 Å². The Kier molecular flexibility index (Phi) is 7.68. The van der Waals surface area contributed by atoms with Crippen LogP contribution in [0.5, 0.6) is 11.8 Å². The number of hydrogen-bond donors (Lipinski definition) is 1. The molecule has 4 atom stereocenters. The third-order valence-corrected chi connectivity index (χ3v) is 12.5. The van der Waals surface area contributed by atoms with Crippen LogP contribution in [0.25, 0.3) is 32.9 Å². The molecule has 0 bridgehead atoms.